The molecule has 1 aliphatic rings. The maximum Gasteiger partial charge on any atom is 0.248 e. The summed E-state index contributed by atoms with van der Waals surface area (Å²) in [6.45, 7) is 1.33. The Morgan fingerprint density at radius 3 is 2.77 bits per heavy atom. The number of nitrogens with zero attached hydrogens (tertiary/aromatic N) is 4. The molecule has 0 atom stereocenters. The molecule has 1 aliphatic heterocycles. The molecule has 110 valence electrons. The summed E-state index contributed by atoms with van der Waals surface area (Å²) in [7, 11) is 0. The van der Waals surface area contributed by atoms with Gasteiger partial charge in [0.1, 0.15) is 11.3 Å². The van der Waals surface area contributed by atoms with E-state index in [1.54, 1.807) is 18.3 Å². The second kappa shape index (κ2) is 4.88. The Balaban J connectivity index is 1.75. The van der Waals surface area contributed by atoms with Crippen molar-refractivity contribution in [1.82, 2.24) is 19.5 Å². The summed E-state index contributed by atoms with van der Waals surface area (Å²) in [5.74, 6) is -0.190. The fourth-order valence-electron chi connectivity index (χ4n) is 2.38. The van der Waals surface area contributed by atoms with Crippen LogP contribution in [0.5, 0.6) is 0 Å². The van der Waals surface area contributed by atoms with Crippen molar-refractivity contribution in [2.75, 3.05) is 18.9 Å². The van der Waals surface area contributed by atoms with E-state index in [0.717, 1.165) is 11.0 Å². The second-order valence-electron chi connectivity index (χ2n) is 5.19. The van der Waals surface area contributed by atoms with E-state index in [9.17, 15) is 4.79 Å². The van der Waals surface area contributed by atoms with Crippen LogP contribution in [0.4, 0.5) is 5.69 Å². The highest BCUT2D eigenvalue weighted by atomic mass is 16.5. The molecule has 22 heavy (non-hydrogen) atoms. The Morgan fingerprint density at radius 1 is 1.23 bits per heavy atom. The number of rotatable bonds is 3. The summed E-state index contributed by atoms with van der Waals surface area (Å²) < 4.78 is 7.23. The highest BCUT2D eigenvalue weighted by molar-refractivity contribution is 6.05. The smallest absolute Gasteiger partial charge is 0.248 e. The van der Waals surface area contributed by atoms with Crippen LogP contribution < -0.4 is 5.73 Å². The van der Waals surface area contributed by atoms with Crippen molar-refractivity contribution < 1.29 is 9.53 Å². The molecule has 7 nitrogen and oxygen atoms in total. The summed E-state index contributed by atoms with van der Waals surface area (Å²) in [4.78, 5) is 25.0. The summed E-state index contributed by atoms with van der Waals surface area (Å²) in [6.07, 6.45) is 5.05. The molecule has 3 aromatic heterocycles. The van der Waals surface area contributed by atoms with Gasteiger partial charge in [0, 0.05) is 17.8 Å². The van der Waals surface area contributed by atoms with Crippen LogP contribution in [0.2, 0.25) is 0 Å². The lowest BCUT2D eigenvalue weighted by Gasteiger charge is -2.27. The van der Waals surface area contributed by atoms with Gasteiger partial charge in [0.05, 0.1) is 31.1 Å². The highest BCUT2D eigenvalue weighted by Crippen LogP contribution is 2.23. The predicted molar refractivity (Wildman–Crippen MR) is 79.5 cm³/mol. The first-order valence-electron chi connectivity index (χ1n) is 6.90. The molecule has 0 unspecified atom stereocenters. The lowest BCUT2D eigenvalue weighted by Crippen LogP contribution is -2.30. The average molecular weight is 295 g/mol. The molecule has 1 fully saturated rings. The first-order valence-corrected chi connectivity index (χ1v) is 6.90. The van der Waals surface area contributed by atoms with Crippen molar-refractivity contribution in [3.8, 4) is 0 Å². The average Bonchev–Trinajstić information content (AvgIpc) is 2.89. The third-order valence-electron chi connectivity index (χ3n) is 3.69. The second-order valence-corrected chi connectivity index (χ2v) is 5.19. The van der Waals surface area contributed by atoms with E-state index in [1.807, 2.05) is 16.8 Å². The number of hydrogen-bond acceptors (Lipinski definition) is 6. The van der Waals surface area contributed by atoms with Crippen molar-refractivity contribution in [3.05, 3.63) is 48.3 Å². The van der Waals surface area contributed by atoms with Gasteiger partial charge in [-0.1, -0.05) is 0 Å². The van der Waals surface area contributed by atoms with Crippen molar-refractivity contribution >= 4 is 22.5 Å². The summed E-state index contributed by atoms with van der Waals surface area (Å²) >= 11 is 0. The Bertz CT molecular complexity index is 852. The van der Waals surface area contributed by atoms with Crippen molar-refractivity contribution in [2.24, 2.45) is 0 Å². The Morgan fingerprint density at radius 2 is 2.09 bits per heavy atom. The van der Waals surface area contributed by atoms with Crippen LogP contribution in [0, 0.1) is 0 Å². The maximum atomic E-state index is 12.4. The fraction of sp³-hybridized carbons (Fsp3) is 0.200. The molecule has 0 saturated carbocycles. The van der Waals surface area contributed by atoms with Crippen LogP contribution in [0.3, 0.4) is 0 Å². The lowest BCUT2D eigenvalue weighted by atomic mass is 10.2. The van der Waals surface area contributed by atoms with Gasteiger partial charge in [0.25, 0.3) is 0 Å². The quantitative estimate of drug-likeness (QED) is 0.730. The predicted octanol–water partition coefficient (Wildman–Crippen LogP) is 1.21. The standard InChI is InChI=1S/C15H13N5O2/c16-10-1-2-12(17-6-10)13(21)14-18-5-9-3-4-20(15(9)19-14)11-7-22-8-11/h1-6,11H,7-8,16H2. The number of ether oxygens (including phenoxy) is 1. The third-order valence-corrected chi connectivity index (χ3v) is 3.69. The number of hydrogen-bond donors (Lipinski definition) is 1. The molecular formula is C15H13N5O2. The molecule has 4 rings (SSSR count). The van der Waals surface area contributed by atoms with Crippen LogP contribution in [0.25, 0.3) is 11.0 Å². The number of nitrogens with two attached hydrogens (primary N) is 1. The summed E-state index contributed by atoms with van der Waals surface area (Å²) in [5, 5.41) is 0.897. The van der Waals surface area contributed by atoms with Gasteiger partial charge in [-0.25, -0.2) is 9.97 Å². The molecule has 1 saturated heterocycles. The number of carbonyl (C=O) groups excluding carboxylic acids is 1. The zero-order chi connectivity index (χ0) is 15.1. The van der Waals surface area contributed by atoms with Gasteiger partial charge in [-0.3, -0.25) is 9.78 Å². The van der Waals surface area contributed by atoms with Crippen molar-refractivity contribution in [1.29, 1.82) is 0 Å². The van der Waals surface area contributed by atoms with Crippen molar-refractivity contribution in [3.63, 3.8) is 0 Å². The normalized spacial score (nSPS) is 14.9. The number of aromatic nitrogens is 4. The van der Waals surface area contributed by atoms with Crippen molar-refractivity contribution in [2.45, 2.75) is 6.04 Å². The van der Waals surface area contributed by atoms with Gasteiger partial charge >= 0.3 is 0 Å². The van der Waals surface area contributed by atoms with Gasteiger partial charge in [-0.05, 0) is 18.2 Å². The number of carbonyl (C=O) groups is 1. The van der Waals surface area contributed by atoms with E-state index in [0.29, 0.717) is 18.9 Å². The molecule has 0 bridgehead atoms. The maximum absolute atomic E-state index is 12.4. The molecule has 3 aromatic rings. The summed E-state index contributed by atoms with van der Waals surface area (Å²) in [5.41, 5.74) is 7.10. The minimum Gasteiger partial charge on any atom is -0.397 e. The number of anilines is 1. The van der Waals surface area contributed by atoms with Crippen LogP contribution >= 0.6 is 0 Å². The molecule has 0 aromatic carbocycles. The minimum absolute atomic E-state index is 0.130. The largest absolute Gasteiger partial charge is 0.397 e. The van der Waals surface area contributed by atoms with Crippen LogP contribution in [0.1, 0.15) is 22.4 Å². The lowest BCUT2D eigenvalue weighted by molar-refractivity contribution is -0.0216. The molecule has 4 heterocycles. The van der Waals surface area contributed by atoms with E-state index in [1.165, 1.54) is 6.20 Å². The van der Waals surface area contributed by atoms with Gasteiger partial charge < -0.3 is 15.0 Å². The topological polar surface area (TPSA) is 95.9 Å². The molecule has 0 aliphatic carbocycles. The van der Waals surface area contributed by atoms with E-state index in [2.05, 4.69) is 15.0 Å². The van der Waals surface area contributed by atoms with E-state index in [-0.39, 0.29) is 23.3 Å². The highest BCUT2D eigenvalue weighted by Gasteiger charge is 2.23. The molecule has 2 N–H and O–H groups in total. The Kier molecular flexibility index (Phi) is 2.87. The number of nitrogen functional groups attached to an aromatic ring is 1. The molecular weight excluding hydrogens is 282 g/mol. The SMILES string of the molecule is Nc1ccc(C(=O)c2ncc3ccn(C4COC4)c3n2)nc1. The first-order chi connectivity index (χ1) is 10.7. The van der Waals surface area contributed by atoms with Gasteiger partial charge in [0.2, 0.25) is 11.6 Å². The zero-order valence-corrected chi connectivity index (χ0v) is 11.6. The van der Waals surface area contributed by atoms with Crippen LogP contribution in [0.15, 0.2) is 36.8 Å². The number of ketones is 1. The molecule has 0 radical (unpaired) electrons. The minimum atomic E-state index is -0.320. The van der Waals surface area contributed by atoms with Gasteiger partial charge in [-0.2, -0.15) is 0 Å². The zero-order valence-electron chi connectivity index (χ0n) is 11.6. The molecule has 0 amide bonds. The molecule has 7 heteroatoms. The van der Waals surface area contributed by atoms with Gasteiger partial charge in [0.15, 0.2) is 0 Å². The Labute approximate surface area is 125 Å². The van der Waals surface area contributed by atoms with Crippen LogP contribution in [-0.2, 0) is 4.74 Å². The van der Waals surface area contributed by atoms with E-state index >= 15 is 0 Å². The van der Waals surface area contributed by atoms with Gasteiger partial charge in [-0.15, -0.1) is 0 Å². The third kappa shape index (κ3) is 2.03. The number of fused-ring (bicyclic) bond motifs is 1. The monoisotopic (exact) mass is 295 g/mol. The number of pyridine rings is 1. The van der Waals surface area contributed by atoms with E-state index in [4.69, 9.17) is 10.5 Å². The Hall–Kier alpha value is -2.80. The fourth-order valence-corrected chi connectivity index (χ4v) is 2.38. The summed E-state index contributed by atoms with van der Waals surface area (Å²) in [6, 6.07) is 5.41. The first kappa shape index (κ1) is 12.9. The van der Waals surface area contributed by atoms with Crippen LogP contribution in [-0.4, -0.2) is 38.5 Å². The molecule has 0 spiro atoms. The van der Waals surface area contributed by atoms with E-state index < -0.39 is 0 Å².